The van der Waals surface area contributed by atoms with Crippen molar-refractivity contribution in [3.63, 3.8) is 0 Å². The van der Waals surface area contributed by atoms with E-state index >= 15 is 0 Å². The molecule has 1 aromatic carbocycles. The van der Waals surface area contributed by atoms with Crippen LogP contribution >= 0.6 is 12.2 Å². The smallest absolute Gasteiger partial charge is 0.223 e. The number of hydrogen-bond acceptors (Lipinski definition) is 3. The van der Waals surface area contributed by atoms with Gasteiger partial charge in [-0.25, -0.2) is 0 Å². The van der Waals surface area contributed by atoms with Crippen molar-refractivity contribution in [2.24, 2.45) is 11.7 Å². The van der Waals surface area contributed by atoms with Gasteiger partial charge in [0.2, 0.25) is 5.91 Å². The molecule has 1 amide bonds. The summed E-state index contributed by atoms with van der Waals surface area (Å²) in [5, 5.41) is 0. The summed E-state index contributed by atoms with van der Waals surface area (Å²) in [5.74, 6) is 1.46. The molecule has 20 heavy (non-hydrogen) atoms. The molecule has 108 valence electrons. The third-order valence-electron chi connectivity index (χ3n) is 3.62. The second-order valence-corrected chi connectivity index (χ2v) is 5.50. The lowest BCUT2D eigenvalue weighted by molar-refractivity contribution is -0.128. The van der Waals surface area contributed by atoms with Crippen LogP contribution in [0.25, 0.3) is 0 Å². The van der Waals surface area contributed by atoms with Crippen LogP contribution in [0.1, 0.15) is 25.3 Å². The van der Waals surface area contributed by atoms with Gasteiger partial charge >= 0.3 is 0 Å². The first-order valence-electron chi connectivity index (χ1n) is 6.90. The summed E-state index contributed by atoms with van der Waals surface area (Å²) in [6, 6.07) is 7.40. The van der Waals surface area contributed by atoms with Gasteiger partial charge in [0, 0.05) is 18.5 Å². The summed E-state index contributed by atoms with van der Waals surface area (Å²) < 4.78 is 5.67. The molecule has 2 N–H and O–H groups in total. The molecular weight excluding hydrogens is 272 g/mol. The monoisotopic (exact) mass is 292 g/mol. The Bertz CT molecular complexity index is 504. The minimum absolute atomic E-state index is 0.234. The van der Waals surface area contributed by atoms with Crippen molar-refractivity contribution in [1.29, 1.82) is 0 Å². The first-order valence-corrected chi connectivity index (χ1v) is 7.31. The van der Waals surface area contributed by atoms with E-state index in [1.54, 1.807) is 0 Å². The zero-order valence-electron chi connectivity index (χ0n) is 11.7. The number of thiocarbonyl (C=S) groups is 1. The number of ether oxygens (including phenoxy) is 1. The molecule has 1 aliphatic rings. The van der Waals surface area contributed by atoms with Crippen LogP contribution in [-0.4, -0.2) is 35.5 Å². The van der Waals surface area contributed by atoms with E-state index in [4.69, 9.17) is 22.7 Å². The maximum Gasteiger partial charge on any atom is 0.223 e. The van der Waals surface area contributed by atoms with E-state index in [1.165, 1.54) is 0 Å². The molecule has 0 aromatic heterocycles. The molecule has 1 saturated heterocycles. The SMILES string of the molecule is CCC1CC(=O)N(CCOc2cccc(C(N)=S)c2)C1. The third-order valence-corrected chi connectivity index (χ3v) is 3.86. The quantitative estimate of drug-likeness (QED) is 0.814. The molecule has 0 saturated carbocycles. The Morgan fingerprint density at radius 2 is 2.35 bits per heavy atom. The van der Waals surface area contributed by atoms with Crippen molar-refractivity contribution in [1.82, 2.24) is 4.90 Å². The minimum Gasteiger partial charge on any atom is -0.492 e. The fourth-order valence-corrected chi connectivity index (χ4v) is 2.48. The van der Waals surface area contributed by atoms with Crippen LogP contribution in [0.4, 0.5) is 0 Å². The first kappa shape index (κ1) is 14.8. The number of benzene rings is 1. The number of likely N-dealkylation sites (tertiary alicyclic amines) is 1. The van der Waals surface area contributed by atoms with Gasteiger partial charge in [0.1, 0.15) is 17.3 Å². The van der Waals surface area contributed by atoms with Gasteiger partial charge in [0.25, 0.3) is 0 Å². The highest BCUT2D eigenvalue weighted by atomic mass is 32.1. The van der Waals surface area contributed by atoms with Gasteiger partial charge in [0.15, 0.2) is 0 Å². The molecule has 0 radical (unpaired) electrons. The molecular formula is C15H20N2O2S. The average Bonchev–Trinajstić information content (AvgIpc) is 2.80. The average molecular weight is 292 g/mol. The van der Waals surface area contributed by atoms with E-state index in [0.717, 1.165) is 24.3 Å². The van der Waals surface area contributed by atoms with Crippen molar-refractivity contribution in [3.8, 4) is 5.75 Å². The molecule has 1 atom stereocenters. The second-order valence-electron chi connectivity index (χ2n) is 5.06. The van der Waals surface area contributed by atoms with Crippen molar-refractivity contribution >= 4 is 23.1 Å². The van der Waals surface area contributed by atoms with Crippen molar-refractivity contribution < 1.29 is 9.53 Å². The molecule has 0 aliphatic carbocycles. The summed E-state index contributed by atoms with van der Waals surface area (Å²) in [4.78, 5) is 14.0. The number of nitrogens with two attached hydrogens (primary N) is 1. The van der Waals surface area contributed by atoms with E-state index in [9.17, 15) is 4.79 Å². The van der Waals surface area contributed by atoms with Gasteiger partial charge in [-0.15, -0.1) is 0 Å². The van der Waals surface area contributed by atoms with Crippen LogP contribution in [-0.2, 0) is 4.79 Å². The number of nitrogens with zero attached hydrogens (tertiary/aromatic N) is 1. The molecule has 0 bridgehead atoms. The van der Waals surface area contributed by atoms with E-state index in [2.05, 4.69) is 6.92 Å². The third kappa shape index (κ3) is 3.70. The van der Waals surface area contributed by atoms with Crippen LogP contribution in [0.3, 0.4) is 0 Å². The predicted molar refractivity (Wildman–Crippen MR) is 82.8 cm³/mol. The second kappa shape index (κ2) is 6.70. The largest absolute Gasteiger partial charge is 0.492 e. The highest BCUT2D eigenvalue weighted by Gasteiger charge is 2.27. The molecule has 5 heteroatoms. The molecule has 1 heterocycles. The standard InChI is InChI=1S/C15H20N2O2S/c1-2-11-8-14(18)17(10-11)6-7-19-13-5-3-4-12(9-13)15(16)20/h3-5,9,11H,2,6-8,10H2,1H3,(H2,16,20). The van der Waals surface area contributed by atoms with Crippen molar-refractivity contribution in [2.75, 3.05) is 19.7 Å². The lowest BCUT2D eigenvalue weighted by atomic mass is 10.1. The number of hydrogen-bond donors (Lipinski definition) is 1. The fourth-order valence-electron chi connectivity index (χ4n) is 2.36. The fraction of sp³-hybridized carbons (Fsp3) is 0.467. The first-order chi connectivity index (χ1) is 9.60. The van der Waals surface area contributed by atoms with Crippen LogP contribution in [0.5, 0.6) is 5.75 Å². The predicted octanol–water partition coefficient (Wildman–Crippen LogP) is 1.96. The van der Waals surface area contributed by atoms with Gasteiger partial charge in [0.05, 0.1) is 6.54 Å². The Kier molecular flexibility index (Phi) is 4.95. The molecule has 2 rings (SSSR count). The summed E-state index contributed by atoms with van der Waals surface area (Å²) >= 11 is 4.93. The Hall–Kier alpha value is -1.62. The summed E-state index contributed by atoms with van der Waals surface area (Å²) in [6.07, 6.45) is 1.73. The zero-order valence-corrected chi connectivity index (χ0v) is 12.5. The highest BCUT2D eigenvalue weighted by Crippen LogP contribution is 2.20. The number of amides is 1. The van der Waals surface area contributed by atoms with Gasteiger partial charge in [-0.05, 0) is 18.1 Å². The maximum absolute atomic E-state index is 11.8. The molecule has 1 aliphatic heterocycles. The minimum atomic E-state index is 0.234. The maximum atomic E-state index is 11.8. The van der Waals surface area contributed by atoms with Gasteiger partial charge in [-0.3, -0.25) is 4.79 Å². The number of carbonyl (C=O) groups is 1. The van der Waals surface area contributed by atoms with Crippen LogP contribution in [0.15, 0.2) is 24.3 Å². The van der Waals surface area contributed by atoms with E-state index in [1.807, 2.05) is 29.2 Å². The summed E-state index contributed by atoms with van der Waals surface area (Å²) in [7, 11) is 0. The van der Waals surface area contributed by atoms with E-state index in [0.29, 0.717) is 30.5 Å². The van der Waals surface area contributed by atoms with Crippen LogP contribution in [0, 0.1) is 5.92 Å². The Morgan fingerprint density at radius 1 is 1.55 bits per heavy atom. The van der Waals surface area contributed by atoms with Gasteiger partial charge < -0.3 is 15.4 Å². The zero-order chi connectivity index (χ0) is 14.5. The Balaban J connectivity index is 1.83. The molecule has 1 fully saturated rings. The highest BCUT2D eigenvalue weighted by molar-refractivity contribution is 7.80. The number of rotatable bonds is 6. The van der Waals surface area contributed by atoms with E-state index in [-0.39, 0.29) is 5.91 Å². The van der Waals surface area contributed by atoms with Crippen molar-refractivity contribution in [3.05, 3.63) is 29.8 Å². The Labute approximate surface area is 124 Å². The summed E-state index contributed by atoms with van der Waals surface area (Å²) in [5.41, 5.74) is 6.38. The van der Waals surface area contributed by atoms with Crippen LogP contribution in [0.2, 0.25) is 0 Å². The van der Waals surface area contributed by atoms with Gasteiger partial charge in [-0.2, -0.15) is 0 Å². The number of carbonyl (C=O) groups excluding carboxylic acids is 1. The topological polar surface area (TPSA) is 55.6 Å². The molecule has 1 aromatic rings. The molecule has 4 nitrogen and oxygen atoms in total. The summed E-state index contributed by atoms with van der Waals surface area (Å²) in [6.45, 7) is 4.10. The van der Waals surface area contributed by atoms with Crippen LogP contribution < -0.4 is 10.5 Å². The van der Waals surface area contributed by atoms with E-state index < -0.39 is 0 Å². The lowest BCUT2D eigenvalue weighted by Gasteiger charge is -2.17. The molecule has 0 spiro atoms. The normalized spacial score (nSPS) is 18.4. The van der Waals surface area contributed by atoms with Gasteiger partial charge in [-0.1, -0.05) is 37.7 Å². The van der Waals surface area contributed by atoms with Crippen molar-refractivity contribution in [2.45, 2.75) is 19.8 Å². The lowest BCUT2D eigenvalue weighted by Crippen LogP contribution is -2.29. The molecule has 1 unspecified atom stereocenters. The Morgan fingerprint density at radius 3 is 3.00 bits per heavy atom.